The Labute approximate surface area is 291 Å². The third-order valence-electron chi connectivity index (χ3n) is 6.91. The van der Waals surface area contributed by atoms with Crippen molar-refractivity contribution in [3.05, 3.63) is 124 Å². The Bertz CT molecular complexity index is 1970. The van der Waals surface area contributed by atoms with Crippen molar-refractivity contribution in [1.82, 2.24) is 10.3 Å². The summed E-state index contributed by atoms with van der Waals surface area (Å²) in [7, 11) is 3.05. The zero-order valence-electron chi connectivity index (χ0n) is 26.2. The lowest BCUT2D eigenvalue weighted by Crippen LogP contribution is -2.30. The number of halogens is 1. The third kappa shape index (κ3) is 8.82. The van der Waals surface area contributed by atoms with E-state index in [9.17, 15) is 14.4 Å². The van der Waals surface area contributed by atoms with Crippen LogP contribution >= 0.6 is 34.7 Å². The van der Waals surface area contributed by atoms with Gasteiger partial charge in [0.1, 0.15) is 5.70 Å². The molecule has 0 aliphatic carbocycles. The maximum absolute atomic E-state index is 13.6. The number of aromatic nitrogens is 1. The Morgan fingerprint density at radius 1 is 0.875 bits per heavy atom. The van der Waals surface area contributed by atoms with Gasteiger partial charge in [-0.2, -0.15) is 0 Å². The van der Waals surface area contributed by atoms with Crippen molar-refractivity contribution in [1.29, 1.82) is 0 Å². The summed E-state index contributed by atoms with van der Waals surface area (Å²) in [5.74, 6) is -0.210. The number of carbonyl (C=O) groups is 3. The number of rotatable bonds is 12. The van der Waals surface area contributed by atoms with Crippen molar-refractivity contribution in [2.75, 3.05) is 24.9 Å². The first kappa shape index (κ1) is 34.2. The molecule has 1 heterocycles. The summed E-state index contributed by atoms with van der Waals surface area (Å²) in [5.41, 5.74) is 2.97. The Kier molecular flexibility index (Phi) is 11.5. The summed E-state index contributed by atoms with van der Waals surface area (Å²) in [6.45, 7) is 1.79. The van der Waals surface area contributed by atoms with Crippen LogP contribution in [0.3, 0.4) is 0 Å². The minimum atomic E-state index is -0.542. The summed E-state index contributed by atoms with van der Waals surface area (Å²) < 4.78 is 10.7. The molecule has 5 aromatic rings. The zero-order valence-corrected chi connectivity index (χ0v) is 28.5. The molecule has 244 valence electrons. The van der Waals surface area contributed by atoms with Gasteiger partial charge in [-0.15, -0.1) is 23.1 Å². The Hall–Kier alpha value is -5.10. The molecule has 4 aromatic carbocycles. The van der Waals surface area contributed by atoms with Crippen LogP contribution in [0.5, 0.6) is 11.5 Å². The molecule has 0 spiro atoms. The fourth-order valence-electron chi connectivity index (χ4n) is 4.49. The molecule has 0 radical (unpaired) electrons. The lowest BCUT2D eigenvalue weighted by atomic mass is 10.1. The molecule has 3 N–H and O–H groups in total. The van der Waals surface area contributed by atoms with Crippen molar-refractivity contribution in [3.63, 3.8) is 0 Å². The maximum atomic E-state index is 13.6. The van der Waals surface area contributed by atoms with Gasteiger partial charge in [0, 0.05) is 32.1 Å². The maximum Gasteiger partial charge on any atom is 0.272 e. The van der Waals surface area contributed by atoms with E-state index in [4.69, 9.17) is 21.1 Å². The molecule has 1 atom stereocenters. The van der Waals surface area contributed by atoms with E-state index in [1.165, 1.54) is 37.3 Å². The number of thiazole rings is 1. The SMILES string of the molecule is COc1ccc(/C=C(/NC(=O)c2ccccc2)C(=O)Nc2cccc(SC(C)C(=O)Nc3nc(-c4ccccc4Cl)cs3)c2)cc1OC. The van der Waals surface area contributed by atoms with E-state index in [2.05, 4.69) is 20.9 Å². The molecule has 1 aromatic heterocycles. The molecule has 0 aliphatic heterocycles. The van der Waals surface area contributed by atoms with E-state index in [0.717, 1.165) is 10.5 Å². The third-order valence-corrected chi connectivity index (χ3v) is 9.09. The highest BCUT2D eigenvalue weighted by Gasteiger charge is 2.19. The van der Waals surface area contributed by atoms with Gasteiger partial charge in [0.2, 0.25) is 5.91 Å². The van der Waals surface area contributed by atoms with Gasteiger partial charge < -0.3 is 25.4 Å². The number of anilines is 2. The van der Waals surface area contributed by atoms with Crippen LogP contribution in [0.4, 0.5) is 10.8 Å². The second-order valence-corrected chi connectivity index (χ2v) is 12.9. The quantitative estimate of drug-likeness (QED) is 0.0892. The van der Waals surface area contributed by atoms with Crippen molar-refractivity contribution < 1.29 is 23.9 Å². The highest BCUT2D eigenvalue weighted by Crippen LogP contribution is 2.32. The van der Waals surface area contributed by atoms with Crippen molar-refractivity contribution in [2.45, 2.75) is 17.1 Å². The van der Waals surface area contributed by atoms with E-state index in [0.29, 0.717) is 44.2 Å². The fourth-order valence-corrected chi connectivity index (χ4v) is 6.36. The molecule has 3 amide bonds. The van der Waals surface area contributed by atoms with Crippen LogP contribution in [0, 0.1) is 0 Å². The number of nitrogens with zero attached hydrogens (tertiary/aromatic N) is 1. The number of nitrogens with one attached hydrogen (secondary N) is 3. The molecule has 0 saturated heterocycles. The standard InChI is InChI=1S/C36H31ClN4O5S2/c1-22(33(42)41-36-40-30(21-47-36)27-14-7-8-15-28(27)37)48-26-13-9-12-25(20-26)38-35(44)29(39-34(43)24-10-5-4-6-11-24)18-23-16-17-31(45-2)32(19-23)46-3/h4-22H,1-3H3,(H,38,44)(H,39,43)(H,40,41,42)/b29-18+. The van der Waals surface area contributed by atoms with E-state index >= 15 is 0 Å². The second kappa shape index (κ2) is 16.1. The number of hydrogen-bond acceptors (Lipinski definition) is 8. The largest absolute Gasteiger partial charge is 0.493 e. The molecule has 0 saturated carbocycles. The molecular formula is C36H31ClN4O5S2. The summed E-state index contributed by atoms with van der Waals surface area (Å²) in [5, 5.41) is 10.9. The number of hydrogen-bond donors (Lipinski definition) is 3. The molecule has 0 fully saturated rings. The number of methoxy groups -OCH3 is 2. The van der Waals surface area contributed by atoms with Gasteiger partial charge in [-0.1, -0.05) is 60.1 Å². The minimum absolute atomic E-state index is 0.0153. The van der Waals surface area contributed by atoms with Crippen LogP contribution in [0.25, 0.3) is 17.3 Å². The average molecular weight is 699 g/mol. The monoisotopic (exact) mass is 698 g/mol. The molecule has 48 heavy (non-hydrogen) atoms. The van der Waals surface area contributed by atoms with Gasteiger partial charge >= 0.3 is 0 Å². The Morgan fingerprint density at radius 2 is 1.62 bits per heavy atom. The Balaban J connectivity index is 1.29. The first-order valence-electron chi connectivity index (χ1n) is 14.6. The number of thioether (sulfide) groups is 1. The zero-order chi connectivity index (χ0) is 34.0. The molecule has 0 aliphatic rings. The molecule has 0 bridgehead atoms. The summed E-state index contributed by atoms with van der Waals surface area (Å²) >= 11 is 8.94. The number of carbonyl (C=O) groups excluding carboxylic acids is 3. The van der Waals surface area contributed by atoms with Gasteiger partial charge in [-0.05, 0) is 67.1 Å². The minimum Gasteiger partial charge on any atom is -0.493 e. The van der Waals surface area contributed by atoms with Gasteiger partial charge in [0.15, 0.2) is 16.6 Å². The van der Waals surface area contributed by atoms with Crippen LogP contribution in [0.2, 0.25) is 5.02 Å². The lowest BCUT2D eigenvalue weighted by Gasteiger charge is -2.14. The summed E-state index contributed by atoms with van der Waals surface area (Å²) in [4.78, 5) is 45.0. The molecule has 1 unspecified atom stereocenters. The lowest BCUT2D eigenvalue weighted by molar-refractivity contribution is -0.115. The predicted molar refractivity (Wildman–Crippen MR) is 193 cm³/mol. The van der Waals surface area contributed by atoms with E-state index in [1.807, 2.05) is 29.6 Å². The summed E-state index contributed by atoms with van der Waals surface area (Å²) in [6, 6.07) is 28.3. The number of ether oxygens (including phenoxy) is 2. The molecule has 9 nitrogen and oxygen atoms in total. The fraction of sp³-hybridized carbons (Fsp3) is 0.111. The van der Waals surface area contributed by atoms with Crippen LogP contribution in [-0.4, -0.2) is 42.2 Å². The highest BCUT2D eigenvalue weighted by molar-refractivity contribution is 8.00. The smallest absolute Gasteiger partial charge is 0.272 e. The summed E-state index contributed by atoms with van der Waals surface area (Å²) in [6.07, 6.45) is 1.55. The molecule has 5 rings (SSSR count). The first-order valence-corrected chi connectivity index (χ1v) is 16.8. The second-order valence-electron chi connectivity index (χ2n) is 10.2. The van der Waals surface area contributed by atoms with Crippen molar-refractivity contribution in [2.24, 2.45) is 0 Å². The average Bonchev–Trinajstić information content (AvgIpc) is 3.56. The molecular weight excluding hydrogens is 668 g/mol. The van der Waals surface area contributed by atoms with Crippen molar-refractivity contribution >= 4 is 69.3 Å². The topological polar surface area (TPSA) is 119 Å². The van der Waals surface area contributed by atoms with Gasteiger partial charge in [-0.25, -0.2) is 4.98 Å². The van der Waals surface area contributed by atoms with Gasteiger partial charge in [0.05, 0.1) is 25.2 Å². The Morgan fingerprint density at radius 3 is 2.38 bits per heavy atom. The normalized spacial score (nSPS) is 11.7. The van der Waals surface area contributed by atoms with Crippen molar-refractivity contribution in [3.8, 4) is 22.8 Å². The van der Waals surface area contributed by atoms with Crippen LogP contribution in [-0.2, 0) is 9.59 Å². The van der Waals surface area contributed by atoms with E-state index in [1.54, 1.807) is 85.8 Å². The van der Waals surface area contributed by atoms with E-state index in [-0.39, 0.29) is 11.6 Å². The predicted octanol–water partition coefficient (Wildman–Crippen LogP) is 8.01. The molecule has 12 heteroatoms. The first-order chi connectivity index (χ1) is 23.2. The van der Waals surface area contributed by atoms with Crippen LogP contribution in [0.15, 0.2) is 113 Å². The van der Waals surface area contributed by atoms with E-state index < -0.39 is 17.1 Å². The van der Waals surface area contributed by atoms with Gasteiger partial charge in [-0.3, -0.25) is 14.4 Å². The number of amides is 3. The van der Waals surface area contributed by atoms with Crippen LogP contribution in [0.1, 0.15) is 22.8 Å². The van der Waals surface area contributed by atoms with Gasteiger partial charge in [0.25, 0.3) is 11.8 Å². The highest BCUT2D eigenvalue weighted by atomic mass is 35.5. The van der Waals surface area contributed by atoms with Crippen LogP contribution < -0.4 is 25.4 Å². The number of benzene rings is 4.